The molecule has 5 heteroatoms. The first-order valence-electron chi connectivity index (χ1n) is 5.87. The average Bonchev–Trinajstić information content (AvgIpc) is 2.76. The molecule has 1 aromatic rings. The van der Waals surface area contributed by atoms with E-state index in [0.29, 0.717) is 10.6 Å². The van der Waals surface area contributed by atoms with Crippen molar-refractivity contribution in [3.05, 3.63) is 28.8 Å². The van der Waals surface area contributed by atoms with Crippen molar-refractivity contribution in [2.75, 3.05) is 18.0 Å². The van der Waals surface area contributed by atoms with Gasteiger partial charge in [0.1, 0.15) is 0 Å². The van der Waals surface area contributed by atoms with Gasteiger partial charge in [-0.3, -0.25) is 9.59 Å². The van der Waals surface area contributed by atoms with E-state index in [1.54, 1.807) is 12.1 Å². The van der Waals surface area contributed by atoms with Gasteiger partial charge in [-0.2, -0.15) is 0 Å². The van der Waals surface area contributed by atoms with E-state index in [1.807, 2.05) is 6.07 Å². The first kappa shape index (κ1) is 12.9. The molecule has 18 heavy (non-hydrogen) atoms. The molecule has 0 bridgehead atoms. The highest BCUT2D eigenvalue weighted by molar-refractivity contribution is 6.31. The Morgan fingerprint density at radius 1 is 1.56 bits per heavy atom. The van der Waals surface area contributed by atoms with Crippen molar-refractivity contribution in [1.29, 1.82) is 0 Å². The molecule has 0 aliphatic carbocycles. The highest BCUT2D eigenvalue weighted by atomic mass is 35.5. The summed E-state index contributed by atoms with van der Waals surface area (Å²) in [5.74, 6) is -0.0198. The molecule has 0 radical (unpaired) electrons. The van der Waals surface area contributed by atoms with Crippen LogP contribution in [0.3, 0.4) is 0 Å². The average molecular weight is 267 g/mol. The van der Waals surface area contributed by atoms with Gasteiger partial charge in [-0.1, -0.05) is 11.6 Å². The Morgan fingerprint density at radius 2 is 2.33 bits per heavy atom. The van der Waals surface area contributed by atoms with Crippen molar-refractivity contribution in [2.24, 2.45) is 0 Å². The molecule has 1 heterocycles. The molecule has 1 amide bonds. The second kappa shape index (κ2) is 5.40. The number of carbonyl (C=O) groups is 2. The zero-order valence-electron chi connectivity index (χ0n) is 10.1. The van der Waals surface area contributed by atoms with Crippen LogP contribution in [0.25, 0.3) is 0 Å². The van der Waals surface area contributed by atoms with Gasteiger partial charge in [0.2, 0.25) is 5.91 Å². The highest BCUT2D eigenvalue weighted by Gasteiger charge is 2.24. The summed E-state index contributed by atoms with van der Waals surface area (Å²) in [6, 6.07) is 5.44. The summed E-state index contributed by atoms with van der Waals surface area (Å²) in [7, 11) is 0. The minimum atomic E-state index is -0.0198. The van der Waals surface area contributed by atoms with Gasteiger partial charge in [0.25, 0.3) is 0 Å². The monoisotopic (exact) mass is 266 g/mol. The second-order valence-electron chi connectivity index (χ2n) is 4.45. The quantitative estimate of drug-likeness (QED) is 0.850. The molecule has 2 rings (SSSR count). The third-order valence-electron chi connectivity index (χ3n) is 3.05. The lowest BCUT2D eigenvalue weighted by atomic mass is 10.2. The molecule has 0 saturated carbocycles. The summed E-state index contributed by atoms with van der Waals surface area (Å²) in [5.41, 5.74) is 1.47. The third-order valence-corrected chi connectivity index (χ3v) is 3.29. The fraction of sp³-hybridized carbons (Fsp3) is 0.385. The number of hydrogen-bond acceptors (Lipinski definition) is 3. The van der Waals surface area contributed by atoms with E-state index in [9.17, 15) is 9.59 Å². The van der Waals surface area contributed by atoms with Crippen molar-refractivity contribution < 1.29 is 9.59 Å². The first-order valence-corrected chi connectivity index (χ1v) is 6.24. The number of hydrogen-bond donors (Lipinski definition) is 1. The number of nitrogens with one attached hydrogen (secondary N) is 1. The predicted octanol–water partition coefficient (Wildman–Crippen LogP) is 1.87. The number of aldehydes is 1. The summed E-state index contributed by atoms with van der Waals surface area (Å²) >= 11 is 5.87. The number of amides is 1. The van der Waals surface area contributed by atoms with Gasteiger partial charge < -0.3 is 10.2 Å². The molecule has 1 fully saturated rings. The standard InChI is InChI=1S/C13H15ClN2O2/c1-9(18)15-12-4-5-16(7-12)13-3-2-11(14)6-10(13)8-17/h2-3,6,8,12H,4-5,7H2,1H3,(H,15,18). The van der Waals surface area contributed by atoms with Crippen LogP contribution in [0.5, 0.6) is 0 Å². The van der Waals surface area contributed by atoms with Crippen LogP contribution < -0.4 is 10.2 Å². The predicted molar refractivity (Wildman–Crippen MR) is 71.3 cm³/mol. The van der Waals surface area contributed by atoms with E-state index in [1.165, 1.54) is 6.92 Å². The number of anilines is 1. The van der Waals surface area contributed by atoms with Crippen LogP contribution >= 0.6 is 11.6 Å². The van der Waals surface area contributed by atoms with Crippen molar-refractivity contribution in [2.45, 2.75) is 19.4 Å². The first-order chi connectivity index (χ1) is 8.60. The lowest BCUT2D eigenvalue weighted by Crippen LogP contribution is -2.35. The Hall–Kier alpha value is -1.55. The highest BCUT2D eigenvalue weighted by Crippen LogP contribution is 2.26. The Morgan fingerprint density at radius 3 is 3.00 bits per heavy atom. The maximum Gasteiger partial charge on any atom is 0.217 e. The number of rotatable bonds is 3. The minimum absolute atomic E-state index is 0.0198. The normalized spacial score (nSPS) is 18.8. The second-order valence-corrected chi connectivity index (χ2v) is 4.89. The molecular formula is C13H15ClN2O2. The van der Waals surface area contributed by atoms with E-state index in [-0.39, 0.29) is 11.9 Å². The Balaban J connectivity index is 2.14. The van der Waals surface area contributed by atoms with Crippen molar-refractivity contribution >= 4 is 29.5 Å². The molecule has 1 unspecified atom stereocenters. The summed E-state index contributed by atoms with van der Waals surface area (Å²) < 4.78 is 0. The fourth-order valence-electron chi connectivity index (χ4n) is 2.29. The van der Waals surface area contributed by atoms with Crippen LogP contribution in [0.4, 0.5) is 5.69 Å². The third kappa shape index (κ3) is 2.82. The zero-order chi connectivity index (χ0) is 13.1. The SMILES string of the molecule is CC(=O)NC1CCN(c2ccc(Cl)cc2C=O)C1. The molecule has 0 spiro atoms. The van der Waals surface area contributed by atoms with Crippen LogP contribution in [0.15, 0.2) is 18.2 Å². The molecule has 1 aliphatic rings. The van der Waals surface area contributed by atoms with Crippen molar-refractivity contribution in [3.63, 3.8) is 0 Å². The summed E-state index contributed by atoms with van der Waals surface area (Å²) in [6.45, 7) is 3.07. The van der Waals surface area contributed by atoms with E-state index in [2.05, 4.69) is 10.2 Å². The van der Waals surface area contributed by atoms with Crippen LogP contribution in [-0.2, 0) is 4.79 Å². The number of nitrogens with zero attached hydrogens (tertiary/aromatic N) is 1. The summed E-state index contributed by atoms with van der Waals surface area (Å²) in [5, 5.41) is 3.45. The van der Waals surface area contributed by atoms with Gasteiger partial charge in [-0.05, 0) is 24.6 Å². The lowest BCUT2D eigenvalue weighted by molar-refractivity contribution is -0.119. The zero-order valence-corrected chi connectivity index (χ0v) is 10.9. The largest absolute Gasteiger partial charge is 0.369 e. The molecule has 1 N–H and O–H groups in total. The van der Waals surface area contributed by atoms with E-state index in [0.717, 1.165) is 31.5 Å². The summed E-state index contributed by atoms with van der Waals surface area (Å²) in [6.07, 6.45) is 1.70. The maximum absolute atomic E-state index is 11.0. The molecular weight excluding hydrogens is 252 g/mol. The number of benzene rings is 1. The maximum atomic E-state index is 11.0. The number of carbonyl (C=O) groups excluding carboxylic acids is 2. The van der Waals surface area contributed by atoms with Crippen molar-refractivity contribution in [3.8, 4) is 0 Å². The molecule has 1 atom stereocenters. The minimum Gasteiger partial charge on any atom is -0.369 e. The Labute approximate surface area is 111 Å². The van der Waals surface area contributed by atoms with Gasteiger partial charge >= 0.3 is 0 Å². The van der Waals surface area contributed by atoms with E-state index in [4.69, 9.17) is 11.6 Å². The lowest BCUT2D eigenvalue weighted by Gasteiger charge is -2.20. The Bertz CT molecular complexity index is 476. The molecule has 1 saturated heterocycles. The summed E-state index contributed by atoms with van der Waals surface area (Å²) in [4.78, 5) is 24.1. The van der Waals surface area contributed by atoms with E-state index >= 15 is 0 Å². The van der Waals surface area contributed by atoms with Crippen LogP contribution in [-0.4, -0.2) is 31.3 Å². The smallest absolute Gasteiger partial charge is 0.217 e. The topological polar surface area (TPSA) is 49.4 Å². The van der Waals surface area contributed by atoms with Crippen molar-refractivity contribution in [1.82, 2.24) is 5.32 Å². The van der Waals surface area contributed by atoms with Gasteiger partial charge in [-0.15, -0.1) is 0 Å². The van der Waals surface area contributed by atoms with Gasteiger partial charge in [0.15, 0.2) is 6.29 Å². The van der Waals surface area contributed by atoms with Crippen LogP contribution in [0.2, 0.25) is 5.02 Å². The molecule has 1 aliphatic heterocycles. The van der Waals surface area contributed by atoms with Crippen LogP contribution in [0.1, 0.15) is 23.7 Å². The van der Waals surface area contributed by atoms with Crippen LogP contribution in [0, 0.1) is 0 Å². The number of halogens is 1. The Kier molecular flexibility index (Phi) is 3.87. The molecule has 1 aromatic carbocycles. The van der Waals surface area contributed by atoms with Gasteiger partial charge in [-0.25, -0.2) is 0 Å². The van der Waals surface area contributed by atoms with E-state index < -0.39 is 0 Å². The molecule has 96 valence electrons. The molecule has 4 nitrogen and oxygen atoms in total. The van der Waals surface area contributed by atoms with Gasteiger partial charge in [0.05, 0.1) is 0 Å². The molecule has 0 aromatic heterocycles. The fourth-order valence-corrected chi connectivity index (χ4v) is 2.47. The van der Waals surface area contributed by atoms with Gasteiger partial charge in [0, 0.05) is 42.3 Å².